The molecule has 10 heteroatoms. The smallest absolute Gasteiger partial charge is 0.254 e. The average Bonchev–Trinajstić information content (AvgIpc) is 3.08. The first-order valence-electron chi connectivity index (χ1n) is 10.8. The number of nitrogens with one attached hydrogen (secondary N) is 1. The first-order chi connectivity index (χ1) is 14.8. The molecule has 0 aromatic heterocycles. The lowest BCUT2D eigenvalue weighted by Gasteiger charge is -2.38. The Morgan fingerprint density at radius 3 is 2.47 bits per heavy atom. The largest absolute Gasteiger partial charge is 0.598 e. The van der Waals surface area contributed by atoms with Crippen LogP contribution in [-0.4, -0.2) is 56.8 Å². The van der Waals surface area contributed by atoms with E-state index in [1.807, 2.05) is 20.8 Å². The zero-order valence-electron chi connectivity index (χ0n) is 19.1. The van der Waals surface area contributed by atoms with Crippen LogP contribution in [0.2, 0.25) is 10.0 Å². The molecular formula is C22H32Cl2N2O5S. The molecule has 1 amide bonds. The van der Waals surface area contributed by atoms with Crippen LogP contribution in [0.1, 0.15) is 59.1 Å². The third-order valence-electron chi connectivity index (χ3n) is 5.82. The number of benzene rings is 1. The highest BCUT2D eigenvalue weighted by atomic mass is 35.5. The van der Waals surface area contributed by atoms with Crippen molar-refractivity contribution >= 4 is 40.5 Å². The molecule has 2 aliphatic heterocycles. The topological polar surface area (TPSA) is 94.1 Å². The minimum absolute atomic E-state index is 0.0000472. The lowest BCUT2D eigenvalue weighted by atomic mass is 9.85. The molecule has 0 saturated carbocycles. The summed E-state index contributed by atoms with van der Waals surface area (Å²) in [7, 11) is 0. The second kappa shape index (κ2) is 9.86. The highest BCUT2D eigenvalue weighted by molar-refractivity contribution is 7.90. The van der Waals surface area contributed by atoms with E-state index in [2.05, 4.69) is 4.72 Å². The van der Waals surface area contributed by atoms with Crippen molar-refractivity contribution in [1.82, 2.24) is 9.62 Å². The number of hydrogen-bond acceptors (Lipinski definition) is 6. The number of carbonyl (C=O) groups excluding carboxylic acids is 1. The monoisotopic (exact) mass is 506 g/mol. The summed E-state index contributed by atoms with van der Waals surface area (Å²) in [5.74, 6) is -0.851. The number of phenols is 1. The molecule has 0 radical (unpaired) electrons. The molecule has 2 aliphatic rings. The predicted octanol–water partition coefficient (Wildman–Crippen LogP) is 4.18. The first kappa shape index (κ1) is 25.9. The Bertz CT molecular complexity index is 840. The van der Waals surface area contributed by atoms with Gasteiger partial charge in [-0.15, -0.1) is 4.72 Å². The maximum absolute atomic E-state index is 13.0. The Morgan fingerprint density at radius 1 is 1.31 bits per heavy atom. The van der Waals surface area contributed by atoms with E-state index in [1.54, 1.807) is 18.7 Å². The second-order valence-corrected chi connectivity index (χ2v) is 12.5. The van der Waals surface area contributed by atoms with E-state index in [9.17, 15) is 14.5 Å². The summed E-state index contributed by atoms with van der Waals surface area (Å²) < 4.78 is 26.9. The van der Waals surface area contributed by atoms with Gasteiger partial charge in [-0.3, -0.25) is 4.79 Å². The zero-order valence-corrected chi connectivity index (χ0v) is 21.4. The van der Waals surface area contributed by atoms with E-state index in [4.69, 9.17) is 32.7 Å². The number of piperidine rings is 1. The Morgan fingerprint density at radius 2 is 1.94 bits per heavy atom. The minimum Gasteiger partial charge on any atom is -0.598 e. The van der Waals surface area contributed by atoms with E-state index in [-0.39, 0.29) is 29.2 Å². The summed E-state index contributed by atoms with van der Waals surface area (Å²) in [6, 6.07) is 2.55. The van der Waals surface area contributed by atoms with Crippen LogP contribution in [0, 0.1) is 5.92 Å². The molecule has 2 heterocycles. The number of amides is 1. The highest BCUT2D eigenvalue weighted by Gasteiger charge is 2.42. The molecule has 3 atom stereocenters. The number of hydrogen-bond donors (Lipinski definition) is 2. The Balaban J connectivity index is 1.77. The van der Waals surface area contributed by atoms with Crippen molar-refractivity contribution in [2.24, 2.45) is 5.92 Å². The molecule has 0 bridgehead atoms. The van der Waals surface area contributed by atoms with Gasteiger partial charge in [0, 0.05) is 30.0 Å². The molecule has 2 saturated heterocycles. The number of nitrogens with zero attached hydrogens (tertiary/aromatic N) is 1. The maximum atomic E-state index is 13.0. The van der Waals surface area contributed by atoms with Gasteiger partial charge in [0.05, 0.1) is 22.7 Å². The van der Waals surface area contributed by atoms with Gasteiger partial charge in [0.25, 0.3) is 5.91 Å². The average molecular weight is 507 g/mol. The van der Waals surface area contributed by atoms with Crippen LogP contribution >= 0.6 is 23.2 Å². The summed E-state index contributed by atoms with van der Waals surface area (Å²) in [4.78, 5) is 14.7. The van der Waals surface area contributed by atoms with Crippen molar-refractivity contribution < 1.29 is 23.9 Å². The van der Waals surface area contributed by atoms with Crippen LogP contribution < -0.4 is 4.72 Å². The molecule has 2 N–H and O–H groups in total. The summed E-state index contributed by atoms with van der Waals surface area (Å²) in [5.41, 5.74) is 0.441. The number of ether oxygens (including phenoxy) is 2. The fraction of sp³-hybridized carbons (Fsp3) is 0.682. The molecule has 180 valence electrons. The van der Waals surface area contributed by atoms with Gasteiger partial charge in [-0.25, -0.2) is 0 Å². The van der Waals surface area contributed by atoms with Gasteiger partial charge < -0.3 is 24.0 Å². The summed E-state index contributed by atoms with van der Waals surface area (Å²) in [6.07, 6.45) is 0.684. The van der Waals surface area contributed by atoms with Crippen LogP contribution in [0.25, 0.3) is 0 Å². The summed E-state index contributed by atoms with van der Waals surface area (Å²) in [6.45, 7) is 10.5. The van der Waals surface area contributed by atoms with Crippen molar-refractivity contribution in [2.75, 3.05) is 19.7 Å². The fourth-order valence-electron chi connectivity index (χ4n) is 4.00. The number of aromatic hydroxyl groups is 1. The summed E-state index contributed by atoms with van der Waals surface area (Å²) >= 11 is 11.3. The van der Waals surface area contributed by atoms with Crippen LogP contribution in [0.3, 0.4) is 0 Å². The molecule has 0 spiro atoms. The number of phenolic OH excluding ortho intramolecular Hbond substituents is 1. The van der Waals surface area contributed by atoms with Gasteiger partial charge >= 0.3 is 0 Å². The van der Waals surface area contributed by atoms with E-state index < -0.39 is 34.0 Å². The van der Waals surface area contributed by atoms with E-state index in [0.717, 1.165) is 0 Å². The zero-order chi connectivity index (χ0) is 23.8. The second-order valence-electron chi connectivity index (χ2n) is 9.75. The quantitative estimate of drug-likeness (QED) is 0.581. The van der Waals surface area contributed by atoms with Crippen LogP contribution in [0.4, 0.5) is 0 Å². The predicted molar refractivity (Wildman–Crippen MR) is 126 cm³/mol. The molecule has 3 rings (SSSR count). The number of carbonyl (C=O) groups is 1. The first-order valence-corrected chi connectivity index (χ1v) is 12.7. The molecule has 1 unspecified atom stereocenters. The molecule has 32 heavy (non-hydrogen) atoms. The normalized spacial score (nSPS) is 23.9. The Labute approximate surface area is 203 Å². The van der Waals surface area contributed by atoms with Crippen LogP contribution in [0.5, 0.6) is 5.75 Å². The lowest BCUT2D eigenvalue weighted by Crippen LogP contribution is -2.48. The highest BCUT2D eigenvalue weighted by Crippen LogP contribution is 2.43. The molecule has 2 fully saturated rings. The van der Waals surface area contributed by atoms with Gasteiger partial charge in [0.1, 0.15) is 10.5 Å². The maximum Gasteiger partial charge on any atom is 0.254 e. The molecule has 0 aliphatic carbocycles. The van der Waals surface area contributed by atoms with Crippen molar-refractivity contribution in [2.45, 2.75) is 70.1 Å². The lowest BCUT2D eigenvalue weighted by molar-refractivity contribution is -0.161. The van der Waals surface area contributed by atoms with E-state index in [0.29, 0.717) is 36.5 Å². The van der Waals surface area contributed by atoms with Crippen molar-refractivity contribution in [3.05, 3.63) is 27.7 Å². The Hall–Kier alpha value is -0.740. The van der Waals surface area contributed by atoms with Gasteiger partial charge in [0.2, 0.25) is 0 Å². The minimum atomic E-state index is -1.40. The van der Waals surface area contributed by atoms with E-state index in [1.165, 1.54) is 12.1 Å². The van der Waals surface area contributed by atoms with Gasteiger partial charge in [-0.1, -0.05) is 23.2 Å². The van der Waals surface area contributed by atoms with Crippen LogP contribution in [-0.2, 0) is 25.6 Å². The fourth-order valence-corrected chi connectivity index (χ4v) is 5.34. The Kier molecular flexibility index (Phi) is 7.97. The summed E-state index contributed by atoms with van der Waals surface area (Å²) in [5, 5.41) is 11.2. The van der Waals surface area contributed by atoms with E-state index >= 15 is 0 Å². The number of halogens is 2. The number of likely N-dealkylation sites (tertiary alicyclic amines) is 1. The number of rotatable bonds is 5. The molecule has 1 aromatic carbocycles. The third-order valence-corrected chi connectivity index (χ3v) is 8.22. The third kappa shape index (κ3) is 5.84. The SMILES string of the molecule is CC1(C)OC[C@H](C(=O)N2CCC([C@@H](N[S+]([O-])C(C)(C)C)c3c(O)ccc(Cl)c3Cl)CC2)O1. The standard InChI is InChI=1S/C22H32Cl2N2O5S/c1-21(2,3)32(29)25-19(17-15(27)7-6-14(23)18(17)24)13-8-10-26(11-9-13)20(28)16-12-30-22(4,5)31-16/h6-7,13,16,19,25,27H,8-12H2,1-5H3/t16-,19-,32?/m1/s1. The molecule has 7 nitrogen and oxygen atoms in total. The molecule has 1 aromatic rings. The van der Waals surface area contributed by atoms with Gasteiger partial charge in [0.15, 0.2) is 11.9 Å². The van der Waals surface area contributed by atoms with Crippen LogP contribution in [0.15, 0.2) is 12.1 Å². The van der Waals surface area contributed by atoms with Gasteiger partial charge in [-0.2, -0.15) is 0 Å². The van der Waals surface area contributed by atoms with Crippen molar-refractivity contribution in [3.8, 4) is 5.75 Å². The van der Waals surface area contributed by atoms with Gasteiger partial charge in [-0.05, 0) is 65.5 Å². The van der Waals surface area contributed by atoms with Crippen molar-refractivity contribution in [3.63, 3.8) is 0 Å². The molecular weight excluding hydrogens is 475 g/mol. The van der Waals surface area contributed by atoms with Crippen molar-refractivity contribution in [1.29, 1.82) is 0 Å².